The lowest BCUT2D eigenvalue weighted by Crippen LogP contribution is -2.52. The Bertz CT molecular complexity index is 1160. The Balaban J connectivity index is 1.27. The predicted octanol–water partition coefficient (Wildman–Crippen LogP) is 4.07. The van der Waals surface area contributed by atoms with Crippen molar-refractivity contribution in [2.24, 2.45) is 0 Å². The molecule has 0 spiro atoms. The third kappa shape index (κ3) is 6.81. The summed E-state index contributed by atoms with van der Waals surface area (Å²) in [6.07, 6.45) is 4.98. The molecular weight excluding hydrogens is 459 g/mol. The summed E-state index contributed by atoms with van der Waals surface area (Å²) in [6, 6.07) is 17.1. The van der Waals surface area contributed by atoms with Crippen molar-refractivity contribution in [3.63, 3.8) is 0 Å². The summed E-state index contributed by atoms with van der Waals surface area (Å²) in [5.74, 6) is -0.667. The van der Waals surface area contributed by atoms with Gasteiger partial charge in [-0.25, -0.2) is 9.18 Å². The number of esters is 1. The Labute approximate surface area is 210 Å². The first-order valence-corrected chi connectivity index (χ1v) is 12.2. The second-order valence-electron chi connectivity index (χ2n) is 8.69. The quantitative estimate of drug-likeness (QED) is 0.482. The van der Waals surface area contributed by atoms with Crippen LogP contribution in [0, 0.1) is 5.82 Å². The molecule has 188 valence electrons. The molecule has 0 unspecified atom stereocenters. The largest absolute Gasteiger partial charge is 0.465 e. The van der Waals surface area contributed by atoms with Gasteiger partial charge in [0.05, 0.1) is 6.61 Å². The zero-order valence-corrected chi connectivity index (χ0v) is 20.5. The fraction of sp³-hybridized carbons (Fsp3) is 0.321. The zero-order valence-electron chi connectivity index (χ0n) is 20.5. The van der Waals surface area contributed by atoms with Crippen molar-refractivity contribution in [1.82, 2.24) is 15.2 Å². The topological polar surface area (TPSA) is 74.8 Å². The highest BCUT2D eigenvalue weighted by Gasteiger charge is 2.21. The summed E-state index contributed by atoms with van der Waals surface area (Å²) in [7, 11) is 0. The van der Waals surface area contributed by atoms with Crippen molar-refractivity contribution in [2.75, 3.05) is 44.2 Å². The van der Waals surface area contributed by atoms with Crippen LogP contribution in [0.3, 0.4) is 0 Å². The number of carbonyl (C=O) groups is 2. The number of amides is 2. The summed E-state index contributed by atoms with van der Waals surface area (Å²) < 4.78 is 19.1. The maximum atomic E-state index is 14.2. The first kappa shape index (κ1) is 25.2. The van der Waals surface area contributed by atoms with E-state index in [-0.39, 0.29) is 18.4 Å². The van der Waals surface area contributed by atoms with Crippen molar-refractivity contribution >= 4 is 17.7 Å². The molecule has 4 rings (SSSR count). The predicted molar refractivity (Wildman–Crippen MR) is 137 cm³/mol. The van der Waals surface area contributed by atoms with Gasteiger partial charge < -0.3 is 19.9 Å². The van der Waals surface area contributed by atoms with Crippen molar-refractivity contribution in [3.05, 3.63) is 83.9 Å². The van der Waals surface area contributed by atoms with E-state index in [0.717, 1.165) is 35.2 Å². The molecule has 36 heavy (non-hydrogen) atoms. The molecule has 2 heterocycles. The number of ether oxygens (including phenoxy) is 1. The van der Waals surface area contributed by atoms with E-state index in [9.17, 15) is 14.0 Å². The van der Waals surface area contributed by atoms with Crippen molar-refractivity contribution in [2.45, 2.75) is 19.8 Å². The van der Waals surface area contributed by atoms with Crippen LogP contribution in [0.15, 0.2) is 67.0 Å². The van der Waals surface area contributed by atoms with Crippen molar-refractivity contribution < 1.29 is 18.7 Å². The third-order valence-electron chi connectivity index (χ3n) is 6.23. The average Bonchev–Trinajstić information content (AvgIpc) is 2.91. The van der Waals surface area contributed by atoms with Crippen LogP contribution in [-0.4, -0.2) is 61.2 Å². The molecule has 1 aromatic heterocycles. The maximum Gasteiger partial charge on any atom is 0.325 e. The number of anilines is 1. The van der Waals surface area contributed by atoms with Crippen molar-refractivity contribution in [3.8, 4) is 11.1 Å². The molecule has 2 aromatic carbocycles. The average molecular weight is 491 g/mol. The molecule has 1 aliphatic heterocycles. The van der Waals surface area contributed by atoms with Gasteiger partial charge in [0.1, 0.15) is 12.4 Å². The first-order valence-electron chi connectivity index (χ1n) is 12.2. The summed E-state index contributed by atoms with van der Waals surface area (Å²) in [5, 5.41) is 2.61. The number of aryl methyl sites for hydroxylation is 2. The fourth-order valence-corrected chi connectivity index (χ4v) is 4.31. The van der Waals surface area contributed by atoms with Gasteiger partial charge in [0.15, 0.2) is 0 Å². The Hall–Kier alpha value is -3.94. The van der Waals surface area contributed by atoms with E-state index in [1.165, 1.54) is 5.56 Å². The van der Waals surface area contributed by atoms with Crippen LogP contribution in [-0.2, 0) is 22.4 Å². The number of hydrogen-bond acceptors (Lipinski definition) is 5. The SMILES string of the molecule is CCOC(=O)CNC(=O)N1CCN(c2ccc(CCc3cc(F)cc(-c4ccncc4)c3)cc2)CC1. The Morgan fingerprint density at radius 1 is 0.917 bits per heavy atom. The molecule has 1 saturated heterocycles. The van der Waals surface area contributed by atoms with E-state index < -0.39 is 5.97 Å². The number of hydrogen-bond donors (Lipinski definition) is 1. The summed E-state index contributed by atoms with van der Waals surface area (Å²) in [5.41, 5.74) is 5.06. The summed E-state index contributed by atoms with van der Waals surface area (Å²) in [6.45, 7) is 4.50. The van der Waals surface area contributed by atoms with Crippen LogP contribution in [0.5, 0.6) is 0 Å². The number of rotatable bonds is 8. The molecule has 0 atom stereocenters. The molecule has 1 aliphatic rings. The number of nitrogens with one attached hydrogen (secondary N) is 1. The lowest BCUT2D eigenvalue weighted by molar-refractivity contribution is -0.141. The smallest absolute Gasteiger partial charge is 0.325 e. The second-order valence-corrected chi connectivity index (χ2v) is 8.69. The first-order chi connectivity index (χ1) is 17.5. The van der Waals surface area contributed by atoms with Gasteiger partial charge in [0.25, 0.3) is 0 Å². The van der Waals surface area contributed by atoms with Gasteiger partial charge >= 0.3 is 12.0 Å². The van der Waals surface area contributed by atoms with Gasteiger partial charge in [-0.15, -0.1) is 0 Å². The minimum Gasteiger partial charge on any atom is -0.465 e. The molecule has 8 heteroatoms. The lowest BCUT2D eigenvalue weighted by Gasteiger charge is -2.36. The molecular formula is C28H31FN4O3. The number of urea groups is 1. The van der Waals surface area contributed by atoms with Crippen molar-refractivity contribution in [1.29, 1.82) is 0 Å². The second kappa shape index (κ2) is 12.2. The van der Waals surface area contributed by atoms with E-state index in [1.807, 2.05) is 18.2 Å². The molecule has 7 nitrogen and oxygen atoms in total. The molecule has 1 N–H and O–H groups in total. The summed E-state index contributed by atoms with van der Waals surface area (Å²) >= 11 is 0. The highest BCUT2D eigenvalue weighted by atomic mass is 19.1. The van der Waals surface area contributed by atoms with Crippen LogP contribution < -0.4 is 10.2 Å². The number of nitrogens with zero attached hydrogens (tertiary/aromatic N) is 3. The molecule has 3 aromatic rings. The zero-order chi connectivity index (χ0) is 25.3. The maximum absolute atomic E-state index is 14.2. The Morgan fingerprint density at radius 2 is 1.61 bits per heavy atom. The van der Waals surface area contributed by atoms with Gasteiger partial charge in [-0.05, 0) is 78.4 Å². The molecule has 0 aliphatic carbocycles. The standard InChI is InChI=1S/C28H31FN4O3/c1-2-36-27(34)20-31-28(35)33-15-13-32(14-16-33)26-7-5-21(6-8-26)3-4-22-17-24(19-25(29)18-22)23-9-11-30-12-10-23/h5-12,17-19H,2-4,13-16,20H2,1H3,(H,31,35). The minimum atomic E-state index is -0.434. The van der Waals surface area contributed by atoms with Crippen LogP contribution in [0.25, 0.3) is 11.1 Å². The number of benzene rings is 2. The number of halogens is 1. The fourth-order valence-electron chi connectivity index (χ4n) is 4.31. The highest BCUT2D eigenvalue weighted by molar-refractivity contribution is 5.81. The number of carbonyl (C=O) groups excluding carboxylic acids is 2. The van der Waals surface area contributed by atoms with E-state index >= 15 is 0 Å². The summed E-state index contributed by atoms with van der Waals surface area (Å²) in [4.78, 5) is 31.7. The van der Waals surface area contributed by atoms with Gasteiger partial charge in [-0.3, -0.25) is 9.78 Å². The molecule has 1 fully saturated rings. The Morgan fingerprint density at radius 3 is 2.31 bits per heavy atom. The van der Waals surface area contributed by atoms with E-state index in [2.05, 4.69) is 39.5 Å². The number of pyridine rings is 1. The van der Waals surface area contributed by atoms with Crippen LogP contribution in [0.2, 0.25) is 0 Å². The molecule has 0 radical (unpaired) electrons. The molecule has 0 saturated carbocycles. The Kier molecular flexibility index (Phi) is 8.49. The van der Waals surface area contributed by atoms with Gasteiger partial charge in [-0.2, -0.15) is 0 Å². The normalized spacial score (nSPS) is 13.4. The number of piperazine rings is 1. The van der Waals surface area contributed by atoms with E-state index in [1.54, 1.807) is 36.4 Å². The monoisotopic (exact) mass is 490 g/mol. The van der Waals surface area contributed by atoms with Gasteiger partial charge in [0.2, 0.25) is 0 Å². The van der Waals surface area contributed by atoms with Crippen LogP contribution in [0.1, 0.15) is 18.1 Å². The van der Waals surface area contributed by atoms with Gasteiger partial charge in [0, 0.05) is 44.3 Å². The molecule has 2 amide bonds. The van der Waals surface area contributed by atoms with Gasteiger partial charge in [-0.1, -0.05) is 18.2 Å². The van der Waals surface area contributed by atoms with Crippen LogP contribution in [0.4, 0.5) is 14.9 Å². The minimum absolute atomic E-state index is 0.116. The lowest BCUT2D eigenvalue weighted by atomic mass is 9.99. The highest BCUT2D eigenvalue weighted by Crippen LogP contribution is 2.23. The van der Waals surface area contributed by atoms with E-state index in [4.69, 9.17) is 4.74 Å². The molecule has 0 bridgehead atoms. The van der Waals surface area contributed by atoms with Crippen LogP contribution >= 0.6 is 0 Å². The number of aromatic nitrogens is 1. The van der Waals surface area contributed by atoms with E-state index in [0.29, 0.717) is 32.8 Å². The third-order valence-corrected chi connectivity index (χ3v) is 6.23.